The van der Waals surface area contributed by atoms with E-state index in [0.29, 0.717) is 18.0 Å². The Hall–Kier alpha value is -0.340. The monoisotopic (exact) mass is 167 g/mol. The summed E-state index contributed by atoms with van der Waals surface area (Å²) in [6, 6.07) is 1.18. The fourth-order valence-corrected chi connectivity index (χ4v) is 2.80. The summed E-state index contributed by atoms with van der Waals surface area (Å²) in [6.07, 6.45) is 5.20. The number of fused-ring (bicyclic) bond motifs is 2. The molecule has 0 unspecified atom stereocenters. The lowest BCUT2D eigenvalue weighted by Crippen LogP contribution is -2.48. The minimum Gasteiger partial charge on any atom is -0.392 e. The van der Waals surface area contributed by atoms with E-state index in [2.05, 4.69) is 18.5 Å². The van der Waals surface area contributed by atoms with E-state index in [1.807, 2.05) is 6.08 Å². The fraction of sp³-hybridized carbons (Fsp3) is 0.800. The van der Waals surface area contributed by atoms with Crippen LogP contribution >= 0.6 is 0 Å². The summed E-state index contributed by atoms with van der Waals surface area (Å²) in [5, 5.41) is 9.77. The smallest absolute Gasteiger partial charge is 0.0632 e. The van der Waals surface area contributed by atoms with Crippen LogP contribution in [0, 0.1) is 5.92 Å². The van der Waals surface area contributed by atoms with Crippen molar-refractivity contribution in [2.24, 2.45) is 5.92 Å². The molecular formula is C10H17NO. The first kappa shape index (κ1) is 8.27. The lowest BCUT2D eigenvalue weighted by molar-refractivity contribution is 0.0141. The van der Waals surface area contributed by atoms with Crippen molar-refractivity contribution in [3.63, 3.8) is 0 Å². The van der Waals surface area contributed by atoms with Gasteiger partial charge in [-0.25, -0.2) is 0 Å². The van der Waals surface area contributed by atoms with Gasteiger partial charge in [0.15, 0.2) is 0 Å². The first-order chi connectivity index (χ1) is 5.74. The highest BCUT2D eigenvalue weighted by Gasteiger charge is 2.43. The van der Waals surface area contributed by atoms with Gasteiger partial charge in [-0.3, -0.25) is 4.90 Å². The van der Waals surface area contributed by atoms with E-state index < -0.39 is 0 Å². The van der Waals surface area contributed by atoms with Crippen molar-refractivity contribution in [3.05, 3.63) is 12.7 Å². The molecule has 0 amide bonds. The zero-order valence-electron chi connectivity index (χ0n) is 7.61. The molecule has 0 radical (unpaired) electrons. The molecule has 0 aromatic rings. The van der Waals surface area contributed by atoms with Crippen LogP contribution < -0.4 is 0 Å². The van der Waals surface area contributed by atoms with Crippen molar-refractivity contribution in [1.29, 1.82) is 0 Å². The third-order valence-corrected chi connectivity index (χ3v) is 3.57. The molecule has 0 aromatic heterocycles. The highest BCUT2D eigenvalue weighted by atomic mass is 16.3. The Bertz CT molecular complexity index is 192. The third kappa shape index (κ3) is 1.02. The number of piperidine rings is 1. The van der Waals surface area contributed by atoms with Crippen LogP contribution in [0.2, 0.25) is 0 Å². The molecule has 2 heteroatoms. The number of aliphatic hydroxyl groups is 1. The first-order valence-electron chi connectivity index (χ1n) is 4.76. The molecule has 2 heterocycles. The molecule has 4 atom stereocenters. The molecule has 2 aliphatic rings. The second-order valence-corrected chi connectivity index (χ2v) is 4.08. The predicted molar refractivity (Wildman–Crippen MR) is 48.9 cm³/mol. The molecule has 2 fully saturated rings. The van der Waals surface area contributed by atoms with Gasteiger partial charge in [0, 0.05) is 18.0 Å². The summed E-state index contributed by atoms with van der Waals surface area (Å²) in [5.74, 6) is 0.300. The maximum absolute atomic E-state index is 9.77. The van der Waals surface area contributed by atoms with Crippen LogP contribution in [0.3, 0.4) is 0 Å². The molecule has 2 aliphatic heterocycles. The Morgan fingerprint density at radius 3 is 2.92 bits per heavy atom. The van der Waals surface area contributed by atoms with E-state index in [-0.39, 0.29) is 6.10 Å². The zero-order valence-corrected chi connectivity index (χ0v) is 7.61. The van der Waals surface area contributed by atoms with Gasteiger partial charge >= 0.3 is 0 Å². The van der Waals surface area contributed by atoms with Gasteiger partial charge in [0.2, 0.25) is 0 Å². The summed E-state index contributed by atoms with van der Waals surface area (Å²) in [5.41, 5.74) is 0. The second kappa shape index (κ2) is 2.86. The van der Waals surface area contributed by atoms with Crippen molar-refractivity contribution < 1.29 is 5.11 Å². The minimum absolute atomic E-state index is 0.142. The van der Waals surface area contributed by atoms with Crippen molar-refractivity contribution >= 4 is 0 Å². The zero-order chi connectivity index (χ0) is 8.72. The topological polar surface area (TPSA) is 23.5 Å². The first-order valence-corrected chi connectivity index (χ1v) is 4.76. The number of hydrogen-bond acceptors (Lipinski definition) is 2. The maximum atomic E-state index is 9.77. The molecule has 2 saturated heterocycles. The van der Waals surface area contributed by atoms with Crippen molar-refractivity contribution in [3.8, 4) is 0 Å². The van der Waals surface area contributed by atoms with Crippen molar-refractivity contribution in [2.45, 2.75) is 37.5 Å². The lowest BCUT2D eigenvalue weighted by atomic mass is 9.88. The summed E-state index contributed by atoms with van der Waals surface area (Å²) in [7, 11) is 2.17. The standard InChI is InChI=1S/C10H17NO/c1-3-8-9-5-4-7(11(9)2)6-10(8)12/h3,7-10,12H,1,4-6H2,2H3/t7-,8+,9+,10-/m0/s1. The van der Waals surface area contributed by atoms with Crippen LogP contribution in [0.15, 0.2) is 12.7 Å². The minimum atomic E-state index is -0.142. The van der Waals surface area contributed by atoms with Gasteiger partial charge in [-0.15, -0.1) is 6.58 Å². The predicted octanol–water partition coefficient (Wildman–Crippen LogP) is 1.02. The second-order valence-electron chi connectivity index (χ2n) is 4.08. The molecule has 2 rings (SSSR count). The summed E-state index contributed by atoms with van der Waals surface area (Å²) in [6.45, 7) is 3.80. The van der Waals surface area contributed by atoms with E-state index in [4.69, 9.17) is 0 Å². The molecule has 0 spiro atoms. The van der Waals surface area contributed by atoms with Gasteiger partial charge in [0.05, 0.1) is 6.10 Å². The Kier molecular flexibility index (Phi) is 1.97. The molecule has 0 aromatic carbocycles. The molecule has 12 heavy (non-hydrogen) atoms. The molecule has 0 aliphatic carbocycles. The number of rotatable bonds is 1. The largest absolute Gasteiger partial charge is 0.392 e. The van der Waals surface area contributed by atoms with Gasteiger partial charge < -0.3 is 5.11 Å². The van der Waals surface area contributed by atoms with E-state index in [1.165, 1.54) is 12.8 Å². The fourth-order valence-electron chi connectivity index (χ4n) is 2.80. The maximum Gasteiger partial charge on any atom is 0.0632 e. The van der Waals surface area contributed by atoms with Crippen LogP contribution in [0.1, 0.15) is 19.3 Å². The summed E-state index contributed by atoms with van der Waals surface area (Å²) < 4.78 is 0. The molecule has 68 valence electrons. The van der Waals surface area contributed by atoms with Crippen LogP contribution in [-0.4, -0.2) is 35.2 Å². The van der Waals surface area contributed by atoms with Gasteiger partial charge in [-0.05, 0) is 26.3 Å². The van der Waals surface area contributed by atoms with Crippen LogP contribution in [0.25, 0.3) is 0 Å². The van der Waals surface area contributed by atoms with E-state index in [0.717, 1.165) is 6.42 Å². The Morgan fingerprint density at radius 2 is 2.25 bits per heavy atom. The highest BCUT2D eigenvalue weighted by Crippen LogP contribution is 2.38. The number of hydrogen-bond donors (Lipinski definition) is 1. The Morgan fingerprint density at radius 1 is 1.50 bits per heavy atom. The van der Waals surface area contributed by atoms with Crippen LogP contribution in [0.4, 0.5) is 0 Å². The summed E-state index contributed by atoms with van der Waals surface area (Å²) in [4.78, 5) is 2.42. The highest BCUT2D eigenvalue weighted by molar-refractivity contribution is 5.04. The average Bonchev–Trinajstić information content (AvgIpc) is 2.34. The molecule has 1 N–H and O–H groups in total. The van der Waals surface area contributed by atoms with Crippen LogP contribution in [-0.2, 0) is 0 Å². The lowest BCUT2D eigenvalue weighted by Gasteiger charge is -2.39. The van der Waals surface area contributed by atoms with Gasteiger partial charge in [-0.2, -0.15) is 0 Å². The molecule has 0 saturated carbocycles. The quantitative estimate of drug-likeness (QED) is 0.589. The number of aliphatic hydroxyl groups excluding tert-OH is 1. The Balaban J connectivity index is 2.19. The van der Waals surface area contributed by atoms with Gasteiger partial charge in [-0.1, -0.05) is 6.08 Å². The number of nitrogens with zero attached hydrogens (tertiary/aromatic N) is 1. The van der Waals surface area contributed by atoms with E-state index in [1.54, 1.807) is 0 Å². The SMILES string of the molecule is C=C[C@@H]1[C@H]2CC[C@@H](C[C@@H]1O)N2C. The van der Waals surface area contributed by atoms with E-state index >= 15 is 0 Å². The van der Waals surface area contributed by atoms with Gasteiger partial charge in [0.1, 0.15) is 0 Å². The van der Waals surface area contributed by atoms with Crippen molar-refractivity contribution in [1.82, 2.24) is 4.90 Å². The van der Waals surface area contributed by atoms with Gasteiger partial charge in [0.25, 0.3) is 0 Å². The molecule has 2 nitrogen and oxygen atoms in total. The molecular weight excluding hydrogens is 150 g/mol. The molecule has 2 bridgehead atoms. The normalized spacial score (nSPS) is 47.8. The van der Waals surface area contributed by atoms with Crippen molar-refractivity contribution in [2.75, 3.05) is 7.05 Å². The average molecular weight is 167 g/mol. The van der Waals surface area contributed by atoms with E-state index in [9.17, 15) is 5.11 Å². The Labute approximate surface area is 73.9 Å². The summed E-state index contributed by atoms with van der Waals surface area (Å²) >= 11 is 0. The third-order valence-electron chi connectivity index (χ3n) is 3.57. The van der Waals surface area contributed by atoms with Crippen LogP contribution in [0.5, 0.6) is 0 Å².